The van der Waals surface area contributed by atoms with Crippen LogP contribution in [-0.2, 0) is 4.79 Å². The van der Waals surface area contributed by atoms with Gasteiger partial charge < -0.3 is 25.4 Å². The first kappa shape index (κ1) is 17.7. The van der Waals surface area contributed by atoms with Gasteiger partial charge in [0.25, 0.3) is 0 Å². The zero-order chi connectivity index (χ0) is 16.0. The summed E-state index contributed by atoms with van der Waals surface area (Å²) in [5, 5.41) is 31.0. The fourth-order valence-electron chi connectivity index (χ4n) is 3.96. The van der Waals surface area contributed by atoms with Gasteiger partial charge in [-0.2, -0.15) is 0 Å². The van der Waals surface area contributed by atoms with Crippen LogP contribution in [0.1, 0.15) is 44.9 Å². The lowest BCUT2D eigenvalue weighted by molar-refractivity contribution is -0.146. The molecule has 2 rings (SSSR count). The van der Waals surface area contributed by atoms with Gasteiger partial charge in [-0.15, -0.1) is 0 Å². The molecule has 126 valence electrons. The molecule has 7 heteroatoms. The van der Waals surface area contributed by atoms with Crippen molar-refractivity contribution in [1.29, 1.82) is 0 Å². The molecule has 0 spiro atoms. The number of piperidine rings is 1. The zero-order valence-corrected chi connectivity index (χ0v) is 13.3. The normalized spacial score (nSPS) is 29.6. The number of rotatable bonds is 8. The van der Waals surface area contributed by atoms with E-state index in [1.54, 1.807) is 0 Å². The van der Waals surface area contributed by atoms with E-state index < -0.39 is 18.6 Å². The van der Waals surface area contributed by atoms with Crippen LogP contribution in [-0.4, -0.2) is 64.9 Å². The van der Waals surface area contributed by atoms with Crippen molar-refractivity contribution in [2.24, 2.45) is 5.92 Å². The second-order valence-electron chi connectivity index (χ2n) is 6.75. The molecule has 0 bridgehead atoms. The van der Waals surface area contributed by atoms with Crippen molar-refractivity contribution in [3.05, 3.63) is 0 Å². The van der Waals surface area contributed by atoms with Gasteiger partial charge in [0.2, 0.25) is 0 Å². The standard InChI is InChI=1S/C15H29BN2O4/c19-14(20)15(7-12-18-10-2-1-3-11-18)13(6-9-17-15)5-4-8-16(21)22/h13,17,21-22H,1-12H2,(H,19,20). The fraction of sp³-hybridized carbons (Fsp3) is 0.933. The molecule has 0 aromatic carbocycles. The van der Waals surface area contributed by atoms with Crippen LogP contribution in [0.5, 0.6) is 0 Å². The Bertz CT molecular complexity index is 363. The van der Waals surface area contributed by atoms with E-state index in [2.05, 4.69) is 10.2 Å². The van der Waals surface area contributed by atoms with E-state index in [0.717, 1.165) is 39.0 Å². The molecule has 0 aromatic heterocycles. The highest BCUT2D eigenvalue weighted by atomic mass is 16.4. The Morgan fingerprint density at radius 3 is 2.64 bits per heavy atom. The third kappa shape index (κ3) is 4.44. The minimum Gasteiger partial charge on any atom is -0.480 e. The van der Waals surface area contributed by atoms with E-state index in [4.69, 9.17) is 10.0 Å². The SMILES string of the molecule is O=C(O)C1(CCN2CCCCC2)NCCC1CCCB(O)O. The maximum absolute atomic E-state index is 11.9. The molecule has 4 N–H and O–H groups in total. The summed E-state index contributed by atoms with van der Waals surface area (Å²) >= 11 is 0. The summed E-state index contributed by atoms with van der Waals surface area (Å²) in [6.07, 6.45) is 6.90. The number of aliphatic carboxylic acids is 1. The van der Waals surface area contributed by atoms with E-state index in [9.17, 15) is 9.90 Å². The van der Waals surface area contributed by atoms with Crippen molar-refractivity contribution in [3.8, 4) is 0 Å². The Labute approximate surface area is 133 Å². The van der Waals surface area contributed by atoms with Crippen LogP contribution in [0.25, 0.3) is 0 Å². The molecule has 6 nitrogen and oxygen atoms in total. The molecule has 22 heavy (non-hydrogen) atoms. The quantitative estimate of drug-likeness (QED) is 0.489. The minimum absolute atomic E-state index is 0.0774. The van der Waals surface area contributed by atoms with Gasteiger partial charge in [-0.05, 0) is 64.0 Å². The first-order valence-electron chi connectivity index (χ1n) is 8.61. The molecule has 0 saturated carbocycles. The highest BCUT2D eigenvalue weighted by Crippen LogP contribution is 2.35. The lowest BCUT2D eigenvalue weighted by Crippen LogP contribution is -2.54. The van der Waals surface area contributed by atoms with Gasteiger partial charge in [0, 0.05) is 6.54 Å². The molecule has 2 unspecified atom stereocenters. The lowest BCUT2D eigenvalue weighted by Gasteiger charge is -2.35. The Kier molecular flexibility index (Phi) is 6.68. The third-order valence-corrected chi connectivity index (χ3v) is 5.30. The van der Waals surface area contributed by atoms with Crippen LogP contribution in [0, 0.1) is 5.92 Å². The van der Waals surface area contributed by atoms with E-state index >= 15 is 0 Å². The molecule has 2 heterocycles. The van der Waals surface area contributed by atoms with Crippen LogP contribution in [0.2, 0.25) is 6.32 Å². The van der Waals surface area contributed by atoms with Crippen molar-refractivity contribution in [2.45, 2.75) is 56.8 Å². The Balaban J connectivity index is 1.91. The van der Waals surface area contributed by atoms with Crippen LogP contribution < -0.4 is 5.32 Å². The molecule has 2 atom stereocenters. The molecule has 0 aliphatic carbocycles. The number of carboxylic acid groups (broad SMARTS) is 1. The van der Waals surface area contributed by atoms with E-state index in [-0.39, 0.29) is 5.92 Å². The van der Waals surface area contributed by atoms with Crippen molar-refractivity contribution < 1.29 is 19.9 Å². The summed E-state index contributed by atoms with van der Waals surface area (Å²) in [6, 6.07) is 0. The number of carboxylic acids is 1. The number of carbonyl (C=O) groups is 1. The molecule has 0 aromatic rings. The predicted octanol–water partition coefficient (Wildman–Crippen LogP) is 0.548. The van der Waals surface area contributed by atoms with Gasteiger partial charge in [-0.3, -0.25) is 4.79 Å². The molecular formula is C15H29BN2O4. The third-order valence-electron chi connectivity index (χ3n) is 5.30. The number of hydrogen-bond donors (Lipinski definition) is 4. The number of likely N-dealkylation sites (tertiary alicyclic amines) is 1. The summed E-state index contributed by atoms with van der Waals surface area (Å²) in [6.45, 7) is 3.73. The van der Waals surface area contributed by atoms with Gasteiger partial charge >= 0.3 is 13.1 Å². The molecule has 0 amide bonds. The molecule has 2 aliphatic heterocycles. The largest absolute Gasteiger partial charge is 0.480 e. The molecule has 2 aliphatic rings. The monoisotopic (exact) mass is 312 g/mol. The Morgan fingerprint density at radius 1 is 1.27 bits per heavy atom. The Hall–Kier alpha value is -0.625. The maximum Gasteiger partial charge on any atom is 0.451 e. The number of nitrogens with zero attached hydrogens (tertiary/aromatic N) is 1. The molecule has 0 radical (unpaired) electrons. The van der Waals surface area contributed by atoms with E-state index in [1.165, 1.54) is 19.3 Å². The maximum atomic E-state index is 11.9. The summed E-state index contributed by atoms with van der Waals surface area (Å²) in [7, 11) is -1.29. The average Bonchev–Trinajstić information content (AvgIpc) is 2.90. The molecular weight excluding hydrogens is 283 g/mol. The first-order valence-corrected chi connectivity index (χ1v) is 8.61. The summed E-state index contributed by atoms with van der Waals surface area (Å²) < 4.78 is 0. The summed E-state index contributed by atoms with van der Waals surface area (Å²) in [5.74, 6) is -0.676. The van der Waals surface area contributed by atoms with Gasteiger partial charge in [0.15, 0.2) is 0 Å². The van der Waals surface area contributed by atoms with Gasteiger partial charge in [0.05, 0.1) is 0 Å². The van der Waals surface area contributed by atoms with Crippen LogP contribution >= 0.6 is 0 Å². The zero-order valence-electron chi connectivity index (χ0n) is 13.3. The number of nitrogens with one attached hydrogen (secondary N) is 1. The van der Waals surface area contributed by atoms with E-state index in [1.807, 2.05) is 0 Å². The Morgan fingerprint density at radius 2 is 2.00 bits per heavy atom. The summed E-state index contributed by atoms with van der Waals surface area (Å²) in [5.41, 5.74) is -0.835. The average molecular weight is 312 g/mol. The number of hydrogen-bond acceptors (Lipinski definition) is 5. The van der Waals surface area contributed by atoms with Crippen LogP contribution in [0.4, 0.5) is 0 Å². The topological polar surface area (TPSA) is 93.0 Å². The molecule has 2 fully saturated rings. The van der Waals surface area contributed by atoms with Crippen molar-refractivity contribution in [3.63, 3.8) is 0 Å². The smallest absolute Gasteiger partial charge is 0.451 e. The highest BCUT2D eigenvalue weighted by molar-refractivity contribution is 6.40. The van der Waals surface area contributed by atoms with Gasteiger partial charge in [-0.25, -0.2) is 0 Å². The van der Waals surface area contributed by atoms with Crippen molar-refractivity contribution in [1.82, 2.24) is 10.2 Å². The highest BCUT2D eigenvalue weighted by Gasteiger charge is 2.48. The molecule has 2 saturated heterocycles. The van der Waals surface area contributed by atoms with Crippen LogP contribution in [0.15, 0.2) is 0 Å². The first-order chi connectivity index (χ1) is 10.5. The van der Waals surface area contributed by atoms with Crippen LogP contribution in [0.3, 0.4) is 0 Å². The van der Waals surface area contributed by atoms with Crippen molar-refractivity contribution >= 4 is 13.1 Å². The minimum atomic E-state index is -1.29. The second kappa shape index (κ2) is 8.29. The summed E-state index contributed by atoms with van der Waals surface area (Å²) in [4.78, 5) is 14.3. The predicted molar refractivity (Wildman–Crippen MR) is 85.6 cm³/mol. The van der Waals surface area contributed by atoms with Gasteiger partial charge in [-0.1, -0.05) is 12.8 Å². The van der Waals surface area contributed by atoms with Gasteiger partial charge in [0.1, 0.15) is 5.54 Å². The van der Waals surface area contributed by atoms with Crippen molar-refractivity contribution in [2.75, 3.05) is 26.2 Å². The fourth-order valence-corrected chi connectivity index (χ4v) is 3.96. The second-order valence-corrected chi connectivity index (χ2v) is 6.75. The lowest BCUT2D eigenvalue weighted by atomic mass is 9.76. The van der Waals surface area contributed by atoms with E-state index in [0.29, 0.717) is 19.2 Å².